The Hall–Kier alpha value is -1.43. The van der Waals surface area contributed by atoms with E-state index in [1.807, 2.05) is 4.90 Å². The maximum absolute atomic E-state index is 14.0. The first-order chi connectivity index (χ1) is 10.2. The Bertz CT molecular complexity index is 520. The maximum atomic E-state index is 14.0. The fourth-order valence-electron chi connectivity index (χ4n) is 4.08. The van der Waals surface area contributed by atoms with E-state index in [-0.39, 0.29) is 11.9 Å². The van der Waals surface area contributed by atoms with Gasteiger partial charge in [0.05, 0.1) is 12.3 Å². The van der Waals surface area contributed by atoms with Crippen molar-refractivity contribution >= 4 is 11.8 Å². The number of aromatic nitrogens is 2. The maximum Gasteiger partial charge on any atom is 0.227 e. The third kappa shape index (κ3) is 2.35. The molecule has 0 aromatic carbocycles. The van der Waals surface area contributed by atoms with Crippen molar-refractivity contribution in [2.24, 2.45) is 11.8 Å². The minimum atomic E-state index is -0.324. The predicted molar refractivity (Wildman–Crippen MR) is 77.9 cm³/mol. The van der Waals surface area contributed by atoms with E-state index in [1.54, 1.807) is 0 Å². The Kier molecular flexibility index (Phi) is 3.21. The lowest BCUT2D eigenvalue weighted by molar-refractivity contribution is 0.174. The van der Waals surface area contributed by atoms with Gasteiger partial charge in [0.1, 0.15) is 0 Å². The molecule has 3 heterocycles. The summed E-state index contributed by atoms with van der Waals surface area (Å²) in [5.74, 6) is 1.83. The zero-order valence-electron chi connectivity index (χ0n) is 12.1. The highest BCUT2D eigenvalue weighted by atomic mass is 19.1. The van der Waals surface area contributed by atoms with Crippen LogP contribution in [-0.4, -0.2) is 47.4 Å². The molecule has 3 atom stereocenters. The van der Waals surface area contributed by atoms with E-state index >= 15 is 0 Å². The van der Waals surface area contributed by atoms with Crippen LogP contribution in [0.3, 0.4) is 0 Å². The predicted octanol–water partition coefficient (Wildman–Crippen LogP) is 1.42. The zero-order valence-corrected chi connectivity index (χ0v) is 12.1. The van der Waals surface area contributed by atoms with Crippen molar-refractivity contribution in [3.05, 3.63) is 12.0 Å². The SMILES string of the molecule is OC1C[C@@H]2CN(c3ncc(F)c(N4CCCC4)n3)C[C@@H]2C1. The number of rotatable bonds is 2. The monoisotopic (exact) mass is 292 g/mol. The molecule has 1 unspecified atom stereocenters. The van der Waals surface area contributed by atoms with E-state index in [0.717, 1.165) is 51.9 Å². The van der Waals surface area contributed by atoms with Crippen molar-refractivity contribution in [3.8, 4) is 0 Å². The van der Waals surface area contributed by atoms with Gasteiger partial charge in [-0.25, -0.2) is 9.37 Å². The van der Waals surface area contributed by atoms with Crippen molar-refractivity contribution in [2.75, 3.05) is 36.0 Å². The number of nitrogens with zero attached hydrogens (tertiary/aromatic N) is 4. The second kappa shape index (κ2) is 5.09. The van der Waals surface area contributed by atoms with Crippen molar-refractivity contribution in [2.45, 2.75) is 31.8 Å². The molecule has 5 nitrogen and oxygen atoms in total. The lowest BCUT2D eigenvalue weighted by Crippen LogP contribution is -2.27. The molecule has 4 rings (SSSR count). The van der Waals surface area contributed by atoms with Gasteiger partial charge in [0.25, 0.3) is 0 Å². The van der Waals surface area contributed by atoms with Gasteiger partial charge in [-0.05, 0) is 37.5 Å². The van der Waals surface area contributed by atoms with Crippen LogP contribution in [0.2, 0.25) is 0 Å². The van der Waals surface area contributed by atoms with Gasteiger partial charge in [0.15, 0.2) is 11.6 Å². The molecule has 6 heteroatoms. The Labute approximate surface area is 123 Å². The third-order valence-electron chi connectivity index (χ3n) is 5.13. The standard InChI is InChI=1S/C15H21FN4O/c16-13-7-17-15(18-14(13)19-3-1-2-4-19)20-8-10-5-12(21)6-11(10)9-20/h7,10-12,21H,1-6,8-9H2/t10-,11+,12?. The molecule has 1 aliphatic carbocycles. The number of aliphatic hydroxyl groups excluding tert-OH is 1. The molecule has 3 fully saturated rings. The third-order valence-corrected chi connectivity index (χ3v) is 5.13. The topological polar surface area (TPSA) is 52.5 Å². The minimum absolute atomic E-state index is 0.142. The molecule has 2 saturated heterocycles. The molecular weight excluding hydrogens is 271 g/mol. The fourth-order valence-corrected chi connectivity index (χ4v) is 4.08. The summed E-state index contributed by atoms with van der Waals surface area (Å²) >= 11 is 0. The smallest absolute Gasteiger partial charge is 0.227 e. The highest BCUT2D eigenvalue weighted by Gasteiger charge is 2.41. The van der Waals surface area contributed by atoms with Gasteiger partial charge in [0.2, 0.25) is 5.95 Å². The highest BCUT2D eigenvalue weighted by Crippen LogP contribution is 2.39. The van der Waals surface area contributed by atoms with Gasteiger partial charge in [-0.1, -0.05) is 0 Å². The highest BCUT2D eigenvalue weighted by molar-refractivity contribution is 5.46. The second-order valence-electron chi connectivity index (χ2n) is 6.59. The molecule has 0 radical (unpaired) electrons. The van der Waals surface area contributed by atoms with Gasteiger partial charge in [-0.15, -0.1) is 0 Å². The van der Waals surface area contributed by atoms with Crippen molar-refractivity contribution in [1.82, 2.24) is 9.97 Å². The first-order valence-corrected chi connectivity index (χ1v) is 7.91. The number of halogens is 1. The Morgan fingerprint density at radius 2 is 1.76 bits per heavy atom. The normalized spacial score (nSPS) is 32.0. The van der Waals surface area contributed by atoms with Gasteiger partial charge in [0, 0.05) is 26.2 Å². The van der Waals surface area contributed by atoms with Gasteiger partial charge < -0.3 is 14.9 Å². The second-order valence-corrected chi connectivity index (χ2v) is 6.59. The molecule has 2 aliphatic heterocycles. The van der Waals surface area contributed by atoms with Crippen molar-refractivity contribution in [3.63, 3.8) is 0 Å². The van der Waals surface area contributed by atoms with Crippen LogP contribution >= 0.6 is 0 Å². The van der Waals surface area contributed by atoms with Crippen LogP contribution in [0.1, 0.15) is 25.7 Å². The fraction of sp³-hybridized carbons (Fsp3) is 0.733. The summed E-state index contributed by atoms with van der Waals surface area (Å²) in [4.78, 5) is 12.8. The van der Waals surface area contributed by atoms with Crippen LogP contribution in [0.15, 0.2) is 6.20 Å². The van der Waals surface area contributed by atoms with E-state index in [4.69, 9.17) is 0 Å². The van der Waals surface area contributed by atoms with Crippen LogP contribution in [0.5, 0.6) is 0 Å². The quantitative estimate of drug-likeness (QED) is 0.893. The van der Waals surface area contributed by atoms with E-state index < -0.39 is 0 Å². The molecule has 0 bridgehead atoms. The molecule has 21 heavy (non-hydrogen) atoms. The molecule has 3 aliphatic rings. The summed E-state index contributed by atoms with van der Waals surface area (Å²) in [5.41, 5.74) is 0. The minimum Gasteiger partial charge on any atom is -0.393 e. The summed E-state index contributed by atoms with van der Waals surface area (Å²) in [6.07, 6.45) is 5.12. The lowest BCUT2D eigenvalue weighted by atomic mass is 10.0. The van der Waals surface area contributed by atoms with Crippen molar-refractivity contribution < 1.29 is 9.50 Å². The largest absolute Gasteiger partial charge is 0.393 e. The average molecular weight is 292 g/mol. The van der Waals surface area contributed by atoms with Crippen LogP contribution in [-0.2, 0) is 0 Å². The number of hydrogen-bond donors (Lipinski definition) is 1. The van der Waals surface area contributed by atoms with E-state index in [1.165, 1.54) is 6.20 Å². The average Bonchev–Trinajstić information content (AvgIpc) is 3.14. The van der Waals surface area contributed by atoms with E-state index in [9.17, 15) is 9.50 Å². The van der Waals surface area contributed by atoms with E-state index in [2.05, 4.69) is 14.9 Å². The number of hydrogen-bond acceptors (Lipinski definition) is 5. The molecule has 0 amide bonds. The van der Waals surface area contributed by atoms with Gasteiger partial charge in [-0.2, -0.15) is 4.98 Å². The van der Waals surface area contributed by atoms with Crippen molar-refractivity contribution in [1.29, 1.82) is 0 Å². The summed E-state index contributed by atoms with van der Waals surface area (Å²) in [5, 5.41) is 9.71. The number of fused-ring (bicyclic) bond motifs is 1. The summed E-state index contributed by atoms with van der Waals surface area (Å²) in [7, 11) is 0. The summed E-state index contributed by atoms with van der Waals surface area (Å²) in [6, 6.07) is 0. The first-order valence-electron chi connectivity index (χ1n) is 7.91. The molecule has 1 N–H and O–H groups in total. The van der Waals surface area contributed by atoms with Gasteiger partial charge in [-0.3, -0.25) is 0 Å². The Morgan fingerprint density at radius 1 is 1.10 bits per heavy atom. The Balaban J connectivity index is 1.55. The molecule has 1 aromatic heterocycles. The van der Waals surface area contributed by atoms with E-state index in [0.29, 0.717) is 23.6 Å². The number of anilines is 2. The first kappa shape index (κ1) is 13.2. The zero-order chi connectivity index (χ0) is 14.4. The molecule has 114 valence electrons. The lowest BCUT2D eigenvalue weighted by Gasteiger charge is -2.21. The summed E-state index contributed by atoms with van der Waals surface area (Å²) in [6.45, 7) is 3.52. The van der Waals surface area contributed by atoms with Gasteiger partial charge >= 0.3 is 0 Å². The summed E-state index contributed by atoms with van der Waals surface area (Å²) < 4.78 is 14.0. The van der Waals surface area contributed by atoms with Crippen LogP contribution in [0.4, 0.5) is 16.2 Å². The Morgan fingerprint density at radius 3 is 2.43 bits per heavy atom. The van der Waals surface area contributed by atoms with Crippen LogP contribution in [0, 0.1) is 17.7 Å². The molecular formula is C15H21FN4O. The molecule has 0 spiro atoms. The number of aliphatic hydroxyl groups is 1. The molecule has 1 saturated carbocycles. The molecule has 1 aromatic rings. The van der Waals surface area contributed by atoms with Crippen LogP contribution in [0.25, 0.3) is 0 Å². The van der Waals surface area contributed by atoms with Crippen LogP contribution < -0.4 is 9.80 Å².